The van der Waals surface area contributed by atoms with Crippen molar-refractivity contribution in [1.29, 1.82) is 0 Å². The largest absolute Gasteiger partial charge is 0.480 e. The summed E-state index contributed by atoms with van der Waals surface area (Å²) in [6, 6.07) is -1.38. The number of methoxy groups -OCH3 is 1. The van der Waals surface area contributed by atoms with Crippen LogP contribution in [-0.2, 0) is 14.3 Å². The van der Waals surface area contributed by atoms with E-state index in [2.05, 4.69) is 19.7 Å². The third-order valence-electron chi connectivity index (χ3n) is 2.16. The first-order valence-electron chi connectivity index (χ1n) is 4.97. The number of hydrogen-bond donors (Lipinski definition) is 2. The summed E-state index contributed by atoms with van der Waals surface area (Å²) in [7, 11) is 1.13. The molecule has 0 aliphatic heterocycles. The lowest BCUT2D eigenvalue weighted by Gasteiger charge is -2.12. The number of ether oxygens (including phenoxy) is 1. The third kappa shape index (κ3) is 3.30. The highest BCUT2D eigenvalue weighted by Gasteiger charge is 2.26. The van der Waals surface area contributed by atoms with Crippen molar-refractivity contribution in [3.05, 3.63) is 17.5 Å². The molecule has 0 saturated carbocycles. The van der Waals surface area contributed by atoms with Crippen LogP contribution in [0.5, 0.6) is 0 Å². The molecular weight excluding hydrogens is 244 g/mol. The molecule has 1 rings (SSSR count). The molecule has 8 heteroatoms. The summed E-state index contributed by atoms with van der Waals surface area (Å²) in [6.45, 7) is 1.58. The molecule has 98 valence electrons. The zero-order chi connectivity index (χ0) is 13.7. The predicted molar refractivity (Wildman–Crippen MR) is 56.8 cm³/mol. The number of carbonyl (C=O) groups excluding carboxylic acids is 2. The molecule has 0 aromatic carbocycles. The second-order valence-corrected chi connectivity index (χ2v) is 3.48. The van der Waals surface area contributed by atoms with Crippen molar-refractivity contribution >= 4 is 17.8 Å². The Morgan fingerprint density at radius 3 is 2.67 bits per heavy atom. The number of amides is 1. The van der Waals surface area contributed by atoms with Gasteiger partial charge in [0.25, 0.3) is 5.91 Å². The van der Waals surface area contributed by atoms with Crippen LogP contribution >= 0.6 is 0 Å². The maximum Gasteiger partial charge on any atom is 0.326 e. The second-order valence-electron chi connectivity index (χ2n) is 3.48. The lowest BCUT2D eigenvalue weighted by Crippen LogP contribution is -2.42. The SMILES string of the molecule is COC(=O)C[C@H](NC(=O)c1oncc1C)C(=O)O. The van der Waals surface area contributed by atoms with Gasteiger partial charge in [-0.3, -0.25) is 9.59 Å². The Hall–Kier alpha value is -2.38. The number of rotatable bonds is 5. The van der Waals surface area contributed by atoms with Crippen molar-refractivity contribution in [2.75, 3.05) is 7.11 Å². The number of carboxylic acids is 1. The Bertz CT molecular complexity index is 467. The van der Waals surface area contributed by atoms with E-state index in [0.29, 0.717) is 5.56 Å². The van der Waals surface area contributed by atoms with Gasteiger partial charge < -0.3 is 19.7 Å². The molecule has 0 aliphatic carbocycles. The molecule has 1 amide bonds. The van der Waals surface area contributed by atoms with E-state index in [9.17, 15) is 14.4 Å². The number of hydrogen-bond acceptors (Lipinski definition) is 6. The molecule has 8 nitrogen and oxygen atoms in total. The van der Waals surface area contributed by atoms with E-state index in [4.69, 9.17) is 5.11 Å². The van der Waals surface area contributed by atoms with E-state index in [1.165, 1.54) is 6.20 Å². The molecule has 18 heavy (non-hydrogen) atoms. The van der Waals surface area contributed by atoms with Crippen LogP contribution in [0.15, 0.2) is 10.7 Å². The lowest BCUT2D eigenvalue weighted by molar-refractivity contribution is -0.147. The fourth-order valence-electron chi connectivity index (χ4n) is 1.18. The average Bonchev–Trinajstić information content (AvgIpc) is 2.74. The molecule has 2 N–H and O–H groups in total. The quantitative estimate of drug-likeness (QED) is 0.696. The van der Waals surface area contributed by atoms with Gasteiger partial charge >= 0.3 is 11.9 Å². The van der Waals surface area contributed by atoms with E-state index in [0.717, 1.165) is 7.11 Å². The number of aryl methyl sites for hydroxylation is 1. The number of nitrogens with zero attached hydrogens (tertiary/aromatic N) is 1. The van der Waals surface area contributed by atoms with Crippen molar-refractivity contribution < 1.29 is 28.8 Å². The van der Waals surface area contributed by atoms with Crippen LogP contribution in [0.25, 0.3) is 0 Å². The van der Waals surface area contributed by atoms with Crippen molar-refractivity contribution in [2.24, 2.45) is 0 Å². The van der Waals surface area contributed by atoms with Crippen LogP contribution in [0.1, 0.15) is 22.5 Å². The minimum absolute atomic E-state index is 0.0916. The Kier molecular flexibility index (Phi) is 4.41. The Morgan fingerprint density at radius 1 is 1.56 bits per heavy atom. The van der Waals surface area contributed by atoms with Gasteiger partial charge in [-0.05, 0) is 6.92 Å². The smallest absolute Gasteiger partial charge is 0.326 e. The van der Waals surface area contributed by atoms with Crippen molar-refractivity contribution in [2.45, 2.75) is 19.4 Å². The van der Waals surface area contributed by atoms with Gasteiger partial charge in [-0.25, -0.2) is 4.79 Å². The van der Waals surface area contributed by atoms with Gasteiger partial charge in [0.1, 0.15) is 6.04 Å². The molecule has 1 aromatic rings. The molecule has 0 radical (unpaired) electrons. The number of aromatic nitrogens is 1. The molecule has 1 heterocycles. The van der Waals surface area contributed by atoms with Crippen LogP contribution in [0.2, 0.25) is 0 Å². The average molecular weight is 256 g/mol. The minimum atomic E-state index is -1.38. The van der Waals surface area contributed by atoms with Gasteiger partial charge in [0.05, 0.1) is 19.7 Å². The minimum Gasteiger partial charge on any atom is -0.480 e. The van der Waals surface area contributed by atoms with Gasteiger partial charge in [-0.1, -0.05) is 5.16 Å². The molecule has 0 bridgehead atoms. The molecule has 0 unspecified atom stereocenters. The summed E-state index contributed by atoms with van der Waals surface area (Å²) < 4.78 is 9.00. The zero-order valence-corrected chi connectivity index (χ0v) is 9.80. The number of esters is 1. The first-order chi connectivity index (χ1) is 8.45. The van der Waals surface area contributed by atoms with Crippen molar-refractivity contribution in [3.8, 4) is 0 Å². The Morgan fingerprint density at radius 2 is 2.22 bits per heavy atom. The summed E-state index contributed by atoms with van der Waals surface area (Å²) in [5.41, 5.74) is 0.467. The number of carbonyl (C=O) groups is 3. The molecule has 0 saturated heterocycles. The van der Waals surface area contributed by atoms with E-state index in [1.54, 1.807) is 6.92 Å². The lowest BCUT2D eigenvalue weighted by atomic mass is 10.2. The van der Waals surface area contributed by atoms with Crippen LogP contribution in [0, 0.1) is 6.92 Å². The Balaban J connectivity index is 2.73. The summed E-state index contributed by atoms with van der Waals surface area (Å²) >= 11 is 0. The number of aliphatic carboxylic acids is 1. The fraction of sp³-hybridized carbons (Fsp3) is 0.400. The van der Waals surface area contributed by atoms with E-state index >= 15 is 0 Å². The maximum absolute atomic E-state index is 11.7. The van der Waals surface area contributed by atoms with Crippen LogP contribution in [0.4, 0.5) is 0 Å². The highest BCUT2D eigenvalue weighted by molar-refractivity contribution is 5.96. The van der Waals surface area contributed by atoms with Gasteiger partial charge in [0.2, 0.25) is 5.76 Å². The summed E-state index contributed by atoms with van der Waals surface area (Å²) in [5.74, 6) is -2.92. The highest BCUT2D eigenvalue weighted by atomic mass is 16.5. The molecule has 1 atom stereocenters. The van der Waals surface area contributed by atoms with Crippen LogP contribution in [-0.4, -0.2) is 41.3 Å². The third-order valence-corrected chi connectivity index (χ3v) is 2.16. The van der Waals surface area contributed by atoms with E-state index < -0.39 is 30.3 Å². The second kappa shape index (κ2) is 5.80. The van der Waals surface area contributed by atoms with Gasteiger partial charge in [0.15, 0.2) is 0 Å². The van der Waals surface area contributed by atoms with E-state index in [1.807, 2.05) is 0 Å². The fourth-order valence-corrected chi connectivity index (χ4v) is 1.18. The maximum atomic E-state index is 11.7. The standard InChI is InChI=1S/C10H12N2O6/c1-5-4-11-18-8(5)9(14)12-6(10(15)16)3-7(13)17-2/h4,6H,3H2,1-2H3,(H,12,14)(H,15,16)/t6-/m0/s1. The highest BCUT2D eigenvalue weighted by Crippen LogP contribution is 2.06. The van der Waals surface area contributed by atoms with Gasteiger partial charge in [0, 0.05) is 5.56 Å². The van der Waals surface area contributed by atoms with Crippen LogP contribution < -0.4 is 5.32 Å². The molecule has 0 fully saturated rings. The summed E-state index contributed by atoms with van der Waals surface area (Å²) in [4.78, 5) is 33.5. The first kappa shape index (κ1) is 13.7. The Labute approximate surface area is 102 Å². The molecule has 1 aromatic heterocycles. The number of nitrogens with one attached hydrogen (secondary N) is 1. The summed E-state index contributed by atoms with van der Waals surface area (Å²) in [6.07, 6.45) is 0.857. The van der Waals surface area contributed by atoms with Gasteiger partial charge in [-0.15, -0.1) is 0 Å². The first-order valence-corrected chi connectivity index (χ1v) is 4.97. The van der Waals surface area contributed by atoms with E-state index in [-0.39, 0.29) is 5.76 Å². The molecule has 0 aliphatic rings. The molecular formula is C10H12N2O6. The van der Waals surface area contributed by atoms with Gasteiger partial charge in [-0.2, -0.15) is 0 Å². The molecule has 0 spiro atoms. The zero-order valence-electron chi connectivity index (χ0n) is 9.80. The summed E-state index contributed by atoms with van der Waals surface area (Å²) in [5, 5.41) is 14.4. The number of carboxylic acid groups (broad SMARTS) is 1. The van der Waals surface area contributed by atoms with Crippen LogP contribution in [0.3, 0.4) is 0 Å². The normalized spacial score (nSPS) is 11.7. The topological polar surface area (TPSA) is 119 Å². The monoisotopic (exact) mass is 256 g/mol. The van der Waals surface area contributed by atoms with Crippen molar-refractivity contribution in [1.82, 2.24) is 10.5 Å². The van der Waals surface area contributed by atoms with Crippen molar-refractivity contribution in [3.63, 3.8) is 0 Å². The predicted octanol–water partition coefficient (Wildman–Crippen LogP) is -0.271.